The Hall–Kier alpha value is -0.500. The summed E-state index contributed by atoms with van der Waals surface area (Å²) in [5, 5.41) is 4.15. The minimum absolute atomic E-state index is 0.813. The summed E-state index contributed by atoms with van der Waals surface area (Å²) >= 11 is 0. The molecule has 4 aliphatic carbocycles. The first-order valence-electron chi connectivity index (χ1n) is 12.2. The van der Waals surface area contributed by atoms with E-state index in [0.29, 0.717) is 0 Å². The zero-order chi connectivity index (χ0) is 17.1. The molecule has 6 atom stereocenters. The predicted octanol–water partition coefficient (Wildman–Crippen LogP) is 5.39. The third-order valence-corrected chi connectivity index (χ3v) is 9.37. The Morgan fingerprint density at radius 3 is 2.35 bits per heavy atom. The van der Waals surface area contributed by atoms with E-state index in [1.54, 1.807) is 0 Å². The van der Waals surface area contributed by atoms with Crippen molar-refractivity contribution in [3.8, 4) is 0 Å². The average molecular weight is 355 g/mol. The van der Waals surface area contributed by atoms with Crippen molar-refractivity contribution >= 4 is 0 Å². The maximum Gasteiger partial charge on any atom is 0.0356 e. The van der Waals surface area contributed by atoms with Gasteiger partial charge in [0, 0.05) is 42.2 Å². The monoisotopic (exact) mass is 354 g/mol. The maximum atomic E-state index is 4.15. The molecule has 0 aromatic rings. The van der Waals surface area contributed by atoms with Crippen LogP contribution < -0.4 is 5.32 Å². The van der Waals surface area contributed by atoms with E-state index in [-0.39, 0.29) is 0 Å². The highest BCUT2D eigenvalue weighted by molar-refractivity contribution is 5.33. The average Bonchev–Trinajstić information content (AvgIpc) is 3.22. The highest BCUT2D eigenvalue weighted by atomic mass is 15.2. The fraction of sp³-hybridized carbons (Fsp3) is 0.917. The molecule has 1 N–H and O–H groups in total. The van der Waals surface area contributed by atoms with Gasteiger partial charge < -0.3 is 10.2 Å². The standard InChI is InChI=1S/C24H38N2/c1-2-8-16(9-3-1)26-23-13-7-5-11-18(23)20-14-19-17-10-4-6-12-21(17)25-22(19)15-24(20)26/h16-19,21-23,25H,1-15H2. The van der Waals surface area contributed by atoms with Crippen molar-refractivity contribution in [2.45, 2.75) is 120 Å². The Morgan fingerprint density at radius 2 is 1.42 bits per heavy atom. The van der Waals surface area contributed by atoms with Crippen molar-refractivity contribution in [3.63, 3.8) is 0 Å². The van der Waals surface area contributed by atoms with Crippen LogP contribution in [0.2, 0.25) is 0 Å². The van der Waals surface area contributed by atoms with Crippen LogP contribution in [-0.4, -0.2) is 29.1 Å². The van der Waals surface area contributed by atoms with Gasteiger partial charge in [-0.1, -0.05) is 44.9 Å². The second-order valence-corrected chi connectivity index (χ2v) is 10.5. The molecule has 6 aliphatic rings. The van der Waals surface area contributed by atoms with E-state index >= 15 is 0 Å². The SMILES string of the molecule is C1CCC(N2C3=C(CC4C(C3)NC3CCCCC34)C3CCCCC32)CC1. The van der Waals surface area contributed by atoms with Crippen molar-refractivity contribution in [2.75, 3.05) is 0 Å². The maximum absolute atomic E-state index is 4.15. The van der Waals surface area contributed by atoms with Crippen LogP contribution in [0.3, 0.4) is 0 Å². The summed E-state index contributed by atoms with van der Waals surface area (Å²) in [4.78, 5) is 3.07. The van der Waals surface area contributed by atoms with E-state index in [1.165, 1.54) is 96.3 Å². The second kappa shape index (κ2) is 6.54. The molecule has 6 rings (SSSR count). The first kappa shape index (κ1) is 16.5. The zero-order valence-electron chi connectivity index (χ0n) is 16.6. The fourth-order valence-corrected chi connectivity index (χ4v) is 8.33. The Labute approximate surface area is 160 Å². The molecule has 0 bridgehead atoms. The normalized spacial score (nSPS) is 45.9. The summed E-state index contributed by atoms with van der Waals surface area (Å²) in [5.74, 6) is 2.94. The molecule has 2 aliphatic heterocycles. The molecule has 26 heavy (non-hydrogen) atoms. The summed E-state index contributed by atoms with van der Waals surface area (Å²) < 4.78 is 0. The Kier molecular flexibility index (Phi) is 4.14. The van der Waals surface area contributed by atoms with Crippen LogP contribution in [-0.2, 0) is 0 Å². The summed E-state index contributed by atoms with van der Waals surface area (Å²) in [6.45, 7) is 0. The molecule has 3 saturated carbocycles. The van der Waals surface area contributed by atoms with Crippen LogP contribution in [0.1, 0.15) is 96.3 Å². The van der Waals surface area contributed by atoms with E-state index in [1.807, 2.05) is 11.3 Å². The third-order valence-electron chi connectivity index (χ3n) is 9.37. The number of nitrogens with one attached hydrogen (secondary N) is 1. The van der Waals surface area contributed by atoms with Crippen molar-refractivity contribution < 1.29 is 0 Å². The van der Waals surface area contributed by atoms with Crippen molar-refractivity contribution in [3.05, 3.63) is 11.3 Å². The van der Waals surface area contributed by atoms with Crippen molar-refractivity contribution in [1.29, 1.82) is 0 Å². The van der Waals surface area contributed by atoms with Crippen LogP contribution in [0.15, 0.2) is 11.3 Å². The molecule has 2 heterocycles. The third kappa shape index (κ3) is 2.46. The van der Waals surface area contributed by atoms with Crippen LogP contribution in [0, 0.1) is 17.8 Å². The lowest BCUT2D eigenvalue weighted by atomic mass is 9.70. The van der Waals surface area contributed by atoms with E-state index in [0.717, 1.165) is 41.9 Å². The molecule has 4 fully saturated rings. The Morgan fingerprint density at radius 1 is 0.654 bits per heavy atom. The minimum atomic E-state index is 0.813. The minimum Gasteiger partial charge on any atom is -0.368 e. The lowest BCUT2D eigenvalue weighted by Gasteiger charge is -2.43. The second-order valence-electron chi connectivity index (χ2n) is 10.5. The molecule has 2 heteroatoms. The number of rotatable bonds is 1. The van der Waals surface area contributed by atoms with Gasteiger partial charge in [-0.05, 0) is 62.4 Å². The van der Waals surface area contributed by atoms with Gasteiger partial charge in [-0.25, -0.2) is 0 Å². The number of hydrogen-bond donors (Lipinski definition) is 1. The predicted molar refractivity (Wildman–Crippen MR) is 107 cm³/mol. The van der Waals surface area contributed by atoms with E-state index in [4.69, 9.17) is 0 Å². The number of hydrogen-bond acceptors (Lipinski definition) is 2. The Bertz CT molecular complexity index is 575. The topological polar surface area (TPSA) is 15.3 Å². The molecule has 0 aromatic heterocycles. The van der Waals surface area contributed by atoms with Crippen LogP contribution in [0.4, 0.5) is 0 Å². The zero-order valence-corrected chi connectivity index (χ0v) is 16.6. The van der Waals surface area contributed by atoms with Crippen molar-refractivity contribution in [1.82, 2.24) is 10.2 Å². The highest BCUT2D eigenvalue weighted by Crippen LogP contribution is 2.54. The molecular weight excluding hydrogens is 316 g/mol. The molecule has 2 nitrogen and oxygen atoms in total. The van der Waals surface area contributed by atoms with Crippen LogP contribution in [0.25, 0.3) is 0 Å². The molecule has 6 unspecified atom stereocenters. The van der Waals surface area contributed by atoms with Gasteiger partial charge in [-0.3, -0.25) is 0 Å². The molecule has 0 amide bonds. The first-order chi connectivity index (χ1) is 12.9. The van der Waals surface area contributed by atoms with Crippen LogP contribution >= 0.6 is 0 Å². The lowest BCUT2D eigenvalue weighted by Crippen LogP contribution is -2.45. The Balaban J connectivity index is 1.32. The quantitative estimate of drug-likeness (QED) is 0.679. The molecule has 0 radical (unpaired) electrons. The summed E-state index contributed by atoms with van der Waals surface area (Å²) in [7, 11) is 0. The van der Waals surface area contributed by atoms with Gasteiger partial charge >= 0.3 is 0 Å². The van der Waals surface area contributed by atoms with E-state index < -0.39 is 0 Å². The first-order valence-corrected chi connectivity index (χ1v) is 12.2. The van der Waals surface area contributed by atoms with E-state index in [9.17, 15) is 0 Å². The molecule has 144 valence electrons. The van der Waals surface area contributed by atoms with Gasteiger partial charge in [0.1, 0.15) is 0 Å². The van der Waals surface area contributed by atoms with Gasteiger partial charge in [0.05, 0.1) is 0 Å². The fourth-order valence-electron chi connectivity index (χ4n) is 8.33. The number of fused-ring (bicyclic) bond motifs is 5. The summed E-state index contributed by atoms with van der Waals surface area (Å²) in [6.07, 6.45) is 22.2. The smallest absolute Gasteiger partial charge is 0.0356 e. The van der Waals surface area contributed by atoms with Gasteiger partial charge in [0.15, 0.2) is 0 Å². The van der Waals surface area contributed by atoms with Crippen LogP contribution in [0.5, 0.6) is 0 Å². The summed E-state index contributed by atoms with van der Waals surface area (Å²) in [6, 6.07) is 3.47. The highest BCUT2D eigenvalue weighted by Gasteiger charge is 2.52. The molecule has 0 spiro atoms. The molecule has 1 saturated heterocycles. The molecule has 0 aromatic carbocycles. The van der Waals surface area contributed by atoms with Gasteiger partial charge in [0.2, 0.25) is 0 Å². The summed E-state index contributed by atoms with van der Waals surface area (Å²) in [5.41, 5.74) is 3.86. The van der Waals surface area contributed by atoms with Gasteiger partial charge in [-0.15, -0.1) is 0 Å². The molecular formula is C24H38N2. The lowest BCUT2D eigenvalue weighted by molar-refractivity contribution is 0.112. The van der Waals surface area contributed by atoms with Crippen molar-refractivity contribution in [2.24, 2.45) is 17.8 Å². The number of nitrogens with zero attached hydrogens (tertiary/aromatic N) is 1. The van der Waals surface area contributed by atoms with Gasteiger partial charge in [0.25, 0.3) is 0 Å². The van der Waals surface area contributed by atoms with E-state index in [2.05, 4.69) is 10.2 Å². The van der Waals surface area contributed by atoms with Gasteiger partial charge in [-0.2, -0.15) is 0 Å². The largest absolute Gasteiger partial charge is 0.368 e.